The third-order valence-electron chi connectivity index (χ3n) is 4.39. The second-order valence-corrected chi connectivity index (χ2v) is 5.88. The van der Waals surface area contributed by atoms with Crippen molar-refractivity contribution in [1.29, 1.82) is 0 Å². The van der Waals surface area contributed by atoms with E-state index in [2.05, 4.69) is 4.57 Å². The van der Waals surface area contributed by atoms with E-state index in [0.29, 0.717) is 17.9 Å². The van der Waals surface area contributed by atoms with E-state index >= 15 is 0 Å². The molecule has 0 N–H and O–H groups in total. The first-order chi connectivity index (χ1) is 11.5. The molecule has 7 heteroatoms. The van der Waals surface area contributed by atoms with Gasteiger partial charge in [-0.3, -0.25) is 14.9 Å². The van der Waals surface area contributed by atoms with Gasteiger partial charge in [0.05, 0.1) is 11.0 Å². The van der Waals surface area contributed by atoms with E-state index in [1.807, 2.05) is 25.3 Å². The van der Waals surface area contributed by atoms with Gasteiger partial charge in [-0.2, -0.15) is 0 Å². The summed E-state index contributed by atoms with van der Waals surface area (Å²) >= 11 is 0. The summed E-state index contributed by atoms with van der Waals surface area (Å²) in [7, 11) is 0. The van der Waals surface area contributed by atoms with Crippen molar-refractivity contribution in [3.05, 3.63) is 57.9 Å². The van der Waals surface area contributed by atoms with Crippen LogP contribution in [-0.2, 0) is 11.3 Å². The number of fused-ring (bicyclic) bond motifs is 1. The molecule has 1 aromatic carbocycles. The average molecular weight is 329 g/mol. The van der Waals surface area contributed by atoms with Crippen molar-refractivity contribution in [2.75, 3.05) is 13.2 Å². The Kier molecular flexibility index (Phi) is 4.24. The van der Waals surface area contributed by atoms with Crippen LogP contribution < -0.4 is 4.74 Å². The molecular formula is C17H19N3O4. The highest BCUT2D eigenvalue weighted by atomic mass is 16.6. The molecule has 1 atom stereocenters. The molecule has 0 unspecified atom stereocenters. The van der Waals surface area contributed by atoms with E-state index in [1.165, 1.54) is 12.1 Å². The lowest BCUT2D eigenvalue weighted by molar-refractivity contribution is -0.385. The predicted octanol–water partition coefficient (Wildman–Crippen LogP) is 2.69. The normalized spacial score (nSPS) is 16.6. The summed E-state index contributed by atoms with van der Waals surface area (Å²) in [5.74, 6) is 0.366. The third-order valence-corrected chi connectivity index (χ3v) is 4.39. The molecule has 0 radical (unpaired) electrons. The molecule has 7 nitrogen and oxygen atoms in total. The molecule has 126 valence electrons. The number of nitro groups is 1. The fourth-order valence-electron chi connectivity index (χ4n) is 3.07. The molecule has 0 saturated carbocycles. The van der Waals surface area contributed by atoms with Crippen LogP contribution in [0.1, 0.15) is 24.2 Å². The standard InChI is InChI=1S/C17H19N3O4/c1-12-10-14(5-6-15(12)20(22)23)24-11-17(21)19-9-8-18-7-3-4-16(18)13(19)2/h3-7,10,13H,8-9,11H2,1-2H3/t13-/m1/s1. The molecule has 0 bridgehead atoms. The third kappa shape index (κ3) is 2.97. The van der Waals surface area contributed by atoms with Crippen LogP contribution in [0.5, 0.6) is 5.75 Å². The SMILES string of the molecule is Cc1cc(OCC(=O)N2CCn3cccc3[C@H]2C)ccc1[N+](=O)[O-]. The van der Waals surface area contributed by atoms with Crippen molar-refractivity contribution < 1.29 is 14.5 Å². The van der Waals surface area contributed by atoms with E-state index in [1.54, 1.807) is 17.9 Å². The second kappa shape index (κ2) is 6.35. The van der Waals surface area contributed by atoms with Gasteiger partial charge in [0, 0.05) is 36.6 Å². The molecular weight excluding hydrogens is 310 g/mol. The van der Waals surface area contributed by atoms with Crippen LogP contribution in [0, 0.1) is 17.0 Å². The number of benzene rings is 1. The molecule has 1 aliphatic heterocycles. The topological polar surface area (TPSA) is 77.6 Å². The maximum absolute atomic E-state index is 12.5. The molecule has 0 saturated heterocycles. The number of hydrogen-bond donors (Lipinski definition) is 0. The molecule has 1 aliphatic rings. The number of rotatable bonds is 4. The number of nitro benzene ring substituents is 1. The van der Waals surface area contributed by atoms with Crippen molar-refractivity contribution in [3.63, 3.8) is 0 Å². The van der Waals surface area contributed by atoms with Crippen molar-refractivity contribution in [1.82, 2.24) is 9.47 Å². The largest absolute Gasteiger partial charge is 0.484 e. The quantitative estimate of drug-likeness (QED) is 0.638. The van der Waals surface area contributed by atoms with Crippen LogP contribution in [0.4, 0.5) is 5.69 Å². The van der Waals surface area contributed by atoms with Crippen LogP contribution in [0.15, 0.2) is 36.5 Å². The van der Waals surface area contributed by atoms with Crippen LogP contribution in [0.3, 0.4) is 0 Å². The summed E-state index contributed by atoms with van der Waals surface area (Å²) in [4.78, 5) is 24.6. The average Bonchev–Trinajstić information content (AvgIpc) is 3.02. The number of carbonyl (C=O) groups is 1. The number of hydrogen-bond acceptors (Lipinski definition) is 4. The molecule has 1 amide bonds. The van der Waals surface area contributed by atoms with Gasteiger partial charge >= 0.3 is 0 Å². The lowest BCUT2D eigenvalue weighted by Gasteiger charge is -2.34. The fourth-order valence-corrected chi connectivity index (χ4v) is 3.07. The Bertz CT molecular complexity index is 784. The zero-order chi connectivity index (χ0) is 17.3. The zero-order valence-electron chi connectivity index (χ0n) is 13.6. The Morgan fingerprint density at radius 1 is 1.38 bits per heavy atom. The van der Waals surface area contributed by atoms with Gasteiger partial charge < -0.3 is 14.2 Å². The van der Waals surface area contributed by atoms with Crippen LogP contribution in [0.2, 0.25) is 0 Å². The monoisotopic (exact) mass is 329 g/mol. The first kappa shape index (κ1) is 16.0. The molecule has 0 aliphatic carbocycles. The summed E-state index contributed by atoms with van der Waals surface area (Å²) in [6.45, 7) is 4.98. The zero-order valence-corrected chi connectivity index (χ0v) is 13.6. The van der Waals surface area contributed by atoms with Crippen molar-refractivity contribution >= 4 is 11.6 Å². The lowest BCUT2D eigenvalue weighted by atomic mass is 10.1. The van der Waals surface area contributed by atoms with E-state index in [0.717, 1.165) is 12.2 Å². The van der Waals surface area contributed by atoms with E-state index in [4.69, 9.17) is 4.74 Å². The predicted molar refractivity (Wildman–Crippen MR) is 87.9 cm³/mol. The minimum Gasteiger partial charge on any atom is -0.484 e. The Balaban J connectivity index is 1.64. The summed E-state index contributed by atoms with van der Waals surface area (Å²) in [5.41, 5.74) is 1.66. The highest BCUT2D eigenvalue weighted by molar-refractivity contribution is 5.78. The molecule has 1 aromatic heterocycles. The number of aromatic nitrogens is 1. The van der Waals surface area contributed by atoms with E-state index < -0.39 is 4.92 Å². The minimum absolute atomic E-state index is 0.00319. The molecule has 2 heterocycles. The maximum atomic E-state index is 12.5. The Hall–Kier alpha value is -2.83. The molecule has 2 aromatic rings. The van der Waals surface area contributed by atoms with Crippen LogP contribution >= 0.6 is 0 Å². The second-order valence-electron chi connectivity index (χ2n) is 5.88. The van der Waals surface area contributed by atoms with Gasteiger partial charge in [-0.25, -0.2) is 0 Å². The summed E-state index contributed by atoms with van der Waals surface area (Å²) in [6.07, 6.45) is 2.02. The van der Waals surface area contributed by atoms with Crippen molar-refractivity contribution in [3.8, 4) is 5.75 Å². The minimum atomic E-state index is -0.436. The lowest BCUT2D eigenvalue weighted by Crippen LogP contribution is -2.42. The number of nitrogens with zero attached hydrogens (tertiary/aromatic N) is 3. The molecule has 0 spiro atoms. The number of amides is 1. The van der Waals surface area contributed by atoms with Crippen molar-refractivity contribution in [2.45, 2.75) is 26.4 Å². The smallest absolute Gasteiger partial charge is 0.272 e. The van der Waals surface area contributed by atoms with E-state index in [-0.39, 0.29) is 24.2 Å². The highest BCUT2D eigenvalue weighted by Gasteiger charge is 2.27. The van der Waals surface area contributed by atoms with Crippen LogP contribution in [0.25, 0.3) is 0 Å². The van der Waals surface area contributed by atoms with Crippen molar-refractivity contribution in [2.24, 2.45) is 0 Å². The highest BCUT2D eigenvalue weighted by Crippen LogP contribution is 2.26. The fraction of sp³-hybridized carbons (Fsp3) is 0.353. The van der Waals surface area contributed by atoms with Gasteiger partial charge in [0.25, 0.3) is 11.6 Å². The number of ether oxygens (including phenoxy) is 1. The molecule has 0 fully saturated rings. The summed E-state index contributed by atoms with van der Waals surface area (Å²) in [6, 6.07) is 8.49. The number of carbonyl (C=O) groups excluding carboxylic acids is 1. The van der Waals surface area contributed by atoms with Gasteiger partial charge in [0.15, 0.2) is 6.61 Å². The first-order valence-electron chi connectivity index (χ1n) is 7.79. The van der Waals surface area contributed by atoms with E-state index in [9.17, 15) is 14.9 Å². The van der Waals surface area contributed by atoms with Crippen LogP contribution in [-0.4, -0.2) is 33.4 Å². The molecule has 24 heavy (non-hydrogen) atoms. The Labute approximate surface area is 139 Å². The van der Waals surface area contributed by atoms with Gasteiger partial charge in [-0.1, -0.05) is 0 Å². The first-order valence-corrected chi connectivity index (χ1v) is 7.79. The van der Waals surface area contributed by atoms with Gasteiger partial charge in [-0.15, -0.1) is 0 Å². The molecule has 3 rings (SSSR count). The Morgan fingerprint density at radius 2 is 2.17 bits per heavy atom. The summed E-state index contributed by atoms with van der Waals surface area (Å²) < 4.78 is 7.68. The van der Waals surface area contributed by atoms with Gasteiger partial charge in [-0.05, 0) is 38.1 Å². The summed E-state index contributed by atoms with van der Waals surface area (Å²) in [5, 5.41) is 10.8. The van der Waals surface area contributed by atoms with Gasteiger partial charge in [0.1, 0.15) is 5.75 Å². The number of aryl methyl sites for hydroxylation is 1. The Morgan fingerprint density at radius 3 is 2.88 bits per heavy atom. The van der Waals surface area contributed by atoms with Gasteiger partial charge in [0.2, 0.25) is 0 Å². The maximum Gasteiger partial charge on any atom is 0.272 e.